The Morgan fingerprint density at radius 3 is 2.79 bits per heavy atom. The normalized spacial score (nSPS) is 45.4. The van der Waals surface area contributed by atoms with Crippen LogP contribution in [-0.4, -0.2) is 42.7 Å². The Hall–Kier alpha value is -0.640. The van der Waals surface area contributed by atoms with Gasteiger partial charge in [0, 0.05) is 19.1 Å². The van der Waals surface area contributed by atoms with E-state index in [4.69, 9.17) is 0 Å². The minimum atomic E-state index is -0.851. The Bertz CT molecular complexity index is 271. The van der Waals surface area contributed by atoms with Crippen LogP contribution in [0.2, 0.25) is 0 Å². The minimum absolute atomic E-state index is 0.0636. The molecule has 3 fully saturated rings. The molecule has 1 saturated carbocycles. The zero-order chi connectivity index (χ0) is 9.71. The first-order chi connectivity index (χ1) is 6.75. The second-order valence-corrected chi connectivity index (χ2v) is 4.76. The number of alkyl halides is 1. The van der Waals surface area contributed by atoms with Gasteiger partial charge in [-0.25, -0.2) is 4.39 Å². The number of likely N-dealkylation sites (tertiary alicyclic amines) is 1. The maximum atomic E-state index is 12.8. The first-order valence-electron chi connectivity index (χ1n) is 5.41. The summed E-state index contributed by atoms with van der Waals surface area (Å²) >= 11 is 0. The van der Waals surface area contributed by atoms with Gasteiger partial charge in [0.1, 0.15) is 6.17 Å². The van der Waals surface area contributed by atoms with Crippen molar-refractivity contribution in [3.63, 3.8) is 0 Å². The number of piperidine rings is 1. The van der Waals surface area contributed by atoms with Crippen molar-refractivity contribution < 1.29 is 9.18 Å². The van der Waals surface area contributed by atoms with Crippen molar-refractivity contribution in [2.45, 2.75) is 25.1 Å². The first-order valence-corrected chi connectivity index (χ1v) is 5.41. The van der Waals surface area contributed by atoms with Crippen molar-refractivity contribution in [1.29, 1.82) is 0 Å². The van der Waals surface area contributed by atoms with E-state index in [1.165, 1.54) is 0 Å². The summed E-state index contributed by atoms with van der Waals surface area (Å²) in [4.78, 5) is 13.7. The zero-order valence-electron chi connectivity index (χ0n) is 8.08. The van der Waals surface area contributed by atoms with Crippen LogP contribution in [0.1, 0.15) is 12.8 Å². The van der Waals surface area contributed by atoms with Crippen molar-refractivity contribution in [1.82, 2.24) is 10.2 Å². The molecular formula is C10H15FN2O. The van der Waals surface area contributed by atoms with E-state index in [1.807, 2.05) is 4.90 Å². The SMILES string of the molecule is O=C([C@@H]1C[C@@H]1F)N1C[C@H]2CNC[C@@H]1C2. The maximum Gasteiger partial charge on any atom is 0.229 e. The Morgan fingerprint density at radius 1 is 1.36 bits per heavy atom. The van der Waals surface area contributed by atoms with Crippen LogP contribution in [0, 0.1) is 11.8 Å². The third-order valence-electron chi connectivity index (χ3n) is 3.63. The predicted molar refractivity (Wildman–Crippen MR) is 49.5 cm³/mol. The summed E-state index contributed by atoms with van der Waals surface area (Å²) in [6, 6.07) is 0.342. The summed E-state index contributed by atoms with van der Waals surface area (Å²) in [6.07, 6.45) is 0.721. The minimum Gasteiger partial charge on any atom is -0.338 e. The summed E-state index contributed by atoms with van der Waals surface area (Å²) in [5, 5.41) is 3.31. The lowest BCUT2D eigenvalue weighted by Gasteiger charge is -2.24. The molecule has 3 rings (SSSR count). The Morgan fingerprint density at radius 2 is 2.14 bits per heavy atom. The molecule has 1 amide bonds. The first kappa shape index (κ1) is 8.65. The summed E-state index contributed by atoms with van der Waals surface area (Å²) in [6.45, 7) is 2.76. The number of amides is 1. The van der Waals surface area contributed by atoms with Gasteiger partial charge >= 0.3 is 0 Å². The van der Waals surface area contributed by atoms with Gasteiger partial charge in [0.2, 0.25) is 5.91 Å². The Balaban J connectivity index is 1.70. The quantitative estimate of drug-likeness (QED) is 0.651. The summed E-state index contributed by atoms with van der Waals surface area (Å²) < 4.78 is 12.8. The van der Waals surface area contributed by atoms with Gasteiger partial charge in [0.15, 0.2) is 0 Å². The second kappa shape index (κ2) is 2.92. The highest BCUT2D eigenvalue weighted by atomic mass is 19.1. The number of carbonyl (C=O) groups excluding carboxylic acids is 1. The summed E-state index contributed by atoms with van der Waals surface area (Å²) in [7, 11) is 0. The van der Waals surface area contributed by atoms with Crippen LogP contribution in [0.25, 0.3) is 0 Å². The molecule has 14 heavy (non-hydrogen) atoms. The number of nitrogens with one attached hydrogen (secondary N) is 1. The van der Waals surface area contributed by atoms with E-state index in [2.05, 4.69) is 5.32 Å². The van der Waals surface area contributed by atoms with E-state index in [0.29, 0.717) is 18.4 Å². The molecule has 3 nitrogen and oxygen atoms in total. The van der Waals surface area contributed by atoms with E-state index in [9.17, 15) is 9.18 Å². The molecule has 1 N–H and O–H groups in total. The highest BCUT2D eigenvalue weighted by Gasteiger charge is 2.49. The summed E-state index contributed by atoms with van der Waals surface area (Å²) in [5.74, 6) is 0.373. The molecule has 0 unspecified atom stereocenters. The van der Waals surface area contributed by atoms with Crippen molar-refractivity contribution in [3.05, 3.63) is 0 Å². The maximum absolute atomic E-state index is 12.8. The van der Waals surface area contributed by atoms with Crippen LogP contribution in [0.3, 0.4) is 0 Å². The lowest BCUT2D eigenvalue weighted by Crippen LogP contribution is -2.42. The predicted octanol–water partition coefficient (Wildman–Crippen LogP) is 0.165. The van der Waals surface area contributed by atoms with E-state index in [-0.39, 0.29) is 11.8 Å². The third kappa shape index (κ3) is 1.24. The number of carbonyl (C=O) groups is 1. The monoisotopic (exact) mass is 198 g/mol. The number of nitrogens with zero attached hydrogens (tertiary/aromatic N) is 1. The molecule has 2 aliphatic heterocycles. The van der Waals surface area contributed by atoms with Gasteiger partial charge < -0.3 is 10.2 Å². The van der Waals surface area contributed by atoms with Crippen molar-refractivity contribution >= 4 is 5.91 Å². The Kier molecular flexibility index (Phi) is 1.81. The highest BCUT2D eigenvalue weighted by molar-refractivity contribution is 5.82. The van der Waals surface area contributed by atoms with Crippen LogP contribution in [0.15, 0.2) is 0 Å². The topological polar surface area (TPSA) is 32.3 Å². The fourth-order valence-corrected chi connectivity index (χ4v) is 2.71. The van der Waals surface area contributed by atoms with E-state index >= 15 is 0 Å². The van der Waals surface area contributed by atoms with Crippen LogP contribution in [-0.2, 0) is 4.79 Å². The van der Waals surface area contributed by atoms with Crippen molar-refractivity contribution in [2.24, 2.45) is 11.8 Å². The molecule has 1 aliphatic carbocycles. The van der Waals surface area contributed by atoms with Gasteiger partial charge in [-0.1, -0.05) is 0 Å². The van der Waals surface area contributed by atoms with Crippen LogP contribution < -0.4 is 5.32 Å². The molecule has 0 radical (unpaired) electrons. The molecule has 4 heteroatoms. The fraction of sp³-hybridized carbons (Fsp3) is 0.900. The van der Waals surface area contributed by atoms with Gasteiger partial charge in [0.25, 0.3) is 0 Å². The number of halogens is 1. The summed E-state index contributed by atoms with van der Waals surface area (Å²) in [5.41, 5.74) is 0. The van der Waals surface area contributed by atoms with Gasteiger partial charge in [-0.15, -0.1) is 0 Å². The number of hydrogen-bond donors (Lipinski definition) is 1. The van der Waals surface area contributed by atoms with E-state index in [1.54, 1.807) is 0 Å². The van der Waals surface area contributed by atoms with Crippen molar-refractivity contribution in [3.8, 4) is 0 Å². The highest BCUT2D eigenvalue weighted by Crippen LogP contribution is 2.38. The average molecular weight is 198 g/mol. The molecule has 0 aromatic rings. The van der Waals surface area contributed by atoms with Crippen LogP contribution >= 0.6 is 0 Å². The van der Waals surface area contributed by atoms with Gasteiger partial charge in [-0.3, -0.25) is 4.79 Å². The molecule has 0 aromatic heterocycles. The second-order valence-electron chi connectivity index (χ2n) is 4.76. The van der Waals surface area contributed by atoms with Gasteiger partial charge in [-0.2, -0.15) is 0 Å². The molecule has 78 valence electrons. The molecule has 2 heterocycles. The zero-order valence-corrected chi connectivity index (χ0v) is 8.08. The van der Waals surface area contributed by atoms with Crippen LogP contribution in [0.5, 0.6) is 0 Å². The van der Waals surface area contributed by atoms with E-state index in [0.717, 1.165) is 26.1 Å². The fourth-order valence-electron chi connectivity index (χ4n) is 2.71. The number of hydrogen-bond acceptors (Lipinski definition) is 2. The van der Waals surface area contributed by atoms with Gasteiger partial charge in [0.05, 0.1) is 5.92 Å². The smallest absolute Gasteiger partial charge is 0.229 e. The molecule has 2 saturated heterocycles. The number of fused-ring (bicyclic) bond motifs is 2. The van der Waals surface area contributed by atoms with Crippen LogP contribution in [0.4, 0.5) is 4.39 Å². The molecule has 3 aliphatic rings. The Labute approximate surface area is 82.6 Å². The molecular weight excluding hydrogens is 183 g/mol. The standard InChI is InChI=1S/C10H15FN2O/c11-9-2-8(9)10(14)13-5-6-1-7(13)4-12-3-6/h6-9,12H,1-5H2/t6-,7+,8-,9+/m1/s1. The number of rotatable bonds is 1. The molecule has 4 atom stereocenters. The average Bonchev–Trinajstić information content (AvgIpc) is 2.84. The van der Waals surface area contributed by atoms with E-state index < -0.39 is 6.17 Å². The third-order valence-corrected chi connectivity index (χ3v) is 3.63. The molecule has 2 bridgehead atoms. The molecule has 0 aromatic carbocycles. The van der Waals surface area contributed by atoms with Crippen molar-refractivity contribution in [2.75, 3.05) is 19.6 Å². The lowest BCUT2D eigenvalue weighted by molar-refractivity contribution is -0.133. The largest absolute Gasteiger partial charge is 0.338 e. The lowest BCUT2D eigenvalue weighted by atomic mass is 10.0. The van der Waals surface area contributed by atoms with Gasteiger partial charge in [-0.05, 0) is 25.3 Å². The molecule has 0 spiro atoms.